The maximum atomic E-state index is 11.5. The van der Waals surface area contributed by atoms with Crippen molar-refractivity contribution >= 4 is 0 Å². The predicted octanol–water partition coefficient (Wildman–Crippen LogP) is 0.350. The smallest absolute Gasteiger partial charge is 0.222 e. The number of alkyl halides is 3. The Labute approximate surface area is 48.1 Å². The minimum atomic E-state index is -4.35. The first-order chi connectivity index (χ1) is 4.11. The lowest BCUT2D eigenvalue weighted by molar-refractivity contribution is -0.152. The molecule has 1 unspecified atom stereocenters. The van der Waals surface area contributed by atoms with Crippen molar-refractivity contribution < 1.29 is 13.2 Å². The summed E-state index contributed by atoms with van der Waals surface area (Å²) in [5.74, 6) is 0. The lowest BCUT2D eigenvalue weighted by Crippen LogP contribution is -2.41. The molecule has 0 aromatic carbocycles. The van der Waals surface area contributed by atoms with Gasteiger partial charge in [0.25, 0.3) is 0 Å². The van der Waals surface area contributed by atoms with Gasteiger partial charge in [-0.25, -0.2) is 5.53 Å². The minimum absolute atomic E-state index is 1.79. The van der Waals surface area contributed by atoms with E-state index in [0.717, 1.165) is 0 Å². The van der Waals surface area contributed by atoms with E-state index in [1.54, 1.807) is 5.43 Å². The van der Waals surface area contributed by atoms with E-state index < -0.39 is 12.3 Å². The summed E-state index contributed by atoms with van der Waals surface area (Å²) in [7, 11) is 0. The van der Waals surface area contributed by atoms with Gasteiger partial charge in [0, 0.05) is 0 Å². The van der Waals surface area contributed by atoms with Crippen LogP contribution in [-0.2, 0) is 0 Å². The highest BCUT2D eigenvalue weighted by molar-refractivity contribution is 4.70. The van der Waals surface area contributed by atoms with Gasteiger partial charge in [0.15, 0.2) is 0 Å². The normalized spacial score (nSPS) is 26.3. The second-order valence-electron chi connectivity index (χ2n) is 1.42. The third kappa shape index (κ3) is 1.28. The molecule has 2 N–H and O–H groups in total. The molecule has 52 valence electrons. The van der Waals surface area contributed by atoms with Crippen LogP contribution in [0.1, 0.15) is 0 Å². The van der Waals surface area contributed by atoms with Gasteiger partial charge in [-0.05, 0) is 0 Å². The average molecular weight is 140 g/mol. The van der Waals surface area contributed by atoms with Crippen molar-refractivity contribution in [3.63, 3.8) is 0 Å². The van der Waals surface area contributed by atoms with E-state index in [0.29, 0.717) is 0 Å². The minimum Gasteiger partial charge on any atom is -0.222 e. The Morgan fingerprint density at radius 3 is 2.22 bits per heavy atom. The molecule has 0 saturated carbocycles. The number of halogens is 3. The molecular weight excluding hydrogens is 137 g/mol. The second kappa shape index (κ2) is 1.83. The maximum Gasteiger partial charge on any atom is 0.427 e. The fraction of sp³-hybridized carbons (Fsp3) is 1.00. The average Bonchev–Trinajstić information content (AvgIpc) is 2.08. The van der Waals surface area contributed by atoms with Gasteiger partial charge in [0.2, 0.25) is 6.17 Å². The van der Waals surface area contributed by atoms with Crippen LogP contribution in [0.15, 0.2) is 10.3 Å². The van der Waals surface area contributed by atoms with Crippen LogP contribution in [0.3, 0.4) is 0 Å². The fourth-order valence-corrected chi connectivity index (χ4v) is 0.353. The molecule has 0 aromatic rings. The van der Waals surface area contributed by atoms with Crippen molar-refractivity contribution in [2.45, 2.75) is 12.3 Å². The zero-order valence-electron chi connectivity index (χ0n) is 4.11. The molecule has 1 rings (SSSR count). The number of rotatable bonds is 0. The highest BCUT2D eigenvalue weighted by Gasteiger charge is 2.41. The van der Waals surface area contributed by atoms with E-state index >= 15 is 0 Å². The zero-order valence-corrected chi connectivity index (χ0v) is 4.11. The Hall–Kier alpha value is -0.850. The predicted molar refractivity (Wildman–Crippen MR) is 21.0 cm³/mol. The summed E-state index contributed by atoms with van der Waals surface area (Å²) in [5, 5.41) is 5.66. The summed E-state index contributed by atoms with van der Waals surface area (Å²) in [6.07, 6.45) is -6.25. The van der Waals surface area contributed by atoms with Crippen LogP contribution in [0.4, 0.5) is 13.2 Å². The topological polar surface area (TPSA) is 48.8 Å². The van der Waals surface area contributed by atoms with E-state index in [1.165, 1.54) is 0 Å². The molecule has 0 aliphatic carbocycles. The lowest BCUT2D eigenvalue weighted by atomic mass is 10.5. The number of hydrazine groups is 1. The number of hydrogen-bond acceptors (Lipinski definition) is 4. The van der Waals surface area contributed by atoms with Gasteiger partial charge in [-0.15, -0.1) is 5.11 Å². The van der Waals surface area contributed by atoms with Gasteiger partial charge < -0.3 is 0 Å². The SMILES string of the molecule is FC(F)(F)C1N=NNN1. The standard InChI is InChI=1S/C2H3F3N4/c3-2(4,5)1-6-8-9-7-1/h1H,(H,6,9)(H,7,8). The molecule has 0 aromatic heterocycles. The molecule has 9 heavy (non-hydrogen) atoms. The molecule has 0 radical (unpaired) electrons. The molecule has 1 atom stereocenters. The summed E-state index contributed by atoms with van der Waals surface area (Å²) < 4.78 is 34.5. The summed E-state index contributed by atoms with van der Waals surface area (Å²) in [4.78, 5) is 0. The van der Waals surface area contributed by atoms with Gasteiger partial charge >= 0.3 is 6.18 Å². The van der Waals surface area contributed by atoms with Crippen molar-refractivity contribution in [2.24, 2.45) is 10.3 Å². The lowest BCUT2D eigenvalue weighted by Gasteiger charge is -2.08. The van der Waals surface area contributed by atoms with Crippen molar-refractivity contribution in [2.75, 3.05) is 0 Å². The van der Waals surface area contributed by atoms with Gasteiger partial charge in [-0.1, -0.05) is 5.22 Å². The van der Waals surface area contributed by atoms with Gasteiger partial charge in [0.1, 0.15) is 0 Å². The quantitative estimate of drug-likeness (QED) is 0.510. The van der Waals surface area contributed by atoms with Gasteiger partial charge in [-0.2, -0.15) is 18.6 Å². The van der Waals surface area contributed by atoms with Gasteiger partial charge in [0.05, 0.1) is 0 Å². The molecule has 7 heteroatoms. The van der Waals surface area contributed by atoms with Gasteiger partial charge in [-0.3, -0.25) is 0 Å². The van der Waals surface area contributed by atoms with Crippen molar-refractivity contribution in [1.29, 1.82) is 0 Å². The zero-order chi connectivity index (χ0) is 6.91. The summed E-state index contributed by atoms with van der Waals surface area (Å²) >= 11 is 0. The van der Waals surface area contributed by atoms with E-state index in [4.69, 9.17) is 0 Å². The second-order valence-corrected chi connectivity index (χ2v) is 1.42. The molecule has 0 fully saturated rings. The Bertz CT molecular complexity index is 128. The molecular formula is C2H3F3N4. The van der Waals surface area contributed by atoms with Crippen LogP contribution in [0.2, 0.25) is 0 Å². The van der Waals surface area contributed by atoms with Crippen LogP contribution in [0.5, 0.6) is 0 Å². The van der Waals surface area contributed by atoms with Crippen LogP contribution >= 0.6 is 0 Å². The Kier molecular flexibility index (Phi) is 1.28. The first-order valence-corrected chi connectivity index (χ1v) is 2.08. The van der Waals surface area contributed by atoms with Crippen LogP contribution in [-0.4, -0.2) is 12.3 Å². The fourth-order valence-electron chi connectivity index (χ4n) is 0.353. The van der Waals surface area contributed by atoms with Crippen LogP contribution < -0.4 is 11.0 Å². The Morgan fingerprint density at radius 1 is 1.33 bits per heavy atom. The molecule has 1 aliphatic rings. The van der Waals surface area contributed by atoms with Crippen LogP contribution in [0.25, 0.3) is 0 Å². The van der Waals surface area contributed by atoms with Crippen LogP contribution in [0, 0.1) is 0 Å². The van der Waals surface area contributed by atoms with E-state index in [9.17, 15) is 13.2 Å². The first-order valence-electron chi connectivity index (χ1n) is 2.08. The van der Waals surface area contributed by atoms with E-state index in [1.807, 2.05) is 5.53 Å². The van der Waals surface area contributed by atoms with E-state index in [2.05, 4.69) is 10.3 Å². The Balaban J connectivity index is 2.53. The third-order valence-corrected chi connectivity index (χ3v) is 0.735. The molecule has 0 saturated heterocycles. The molecule has 1 aliphatic heterocycles. The maximum absolute atomic E-state index is 11.5. The number of nitrogens with one attached hydrogen (secondary N) is 2. The molecule has 0 amide bonds. The van der Waals surface area contributed by atoms with Crippen molar-refractivity contribution in [3.8, 4) is 0 Å². The third-order valence-electron chi connectivity index (χ3n) is 0.735. The molecule has 4 nitrogen and oxygen atoms in total. The number of nitrogens with zero attached hydrogens (tertiary/aromatic N) is 2. The van der Waals surface area contributed by atoms with Crippen molar-refractivity contribution in [1.82, 2.24) is 11.0 Å². The molecule has 1 heterocycles. The molecule has 0 bridgehead atoms. The Morgan fingerprint density at radius 2 is 2.00 bits per heavy atom. The summed E-state index contributed by atoms with van der Waals surface area (Å²) in [5.41, 5.74) is 3.66. The highest BCUT2D eigenvalue weighted by atomic mass is 19.4. The first kappa shape index (κ1) is 6.27. The van der Waals surface area contributed by atoms with Crippen molar-refractivity contribution in [3.05, 3.63) is 0 Å². The molecule has 0 spiro atoms. The highest BCUT2D eigenvalue weighted by Crippen LogP contribution is 2.21. The summed E-state index contributed by atoms with van der Waals surface area (Å²) in [6, 6.07) is 0. The monoisotopic (exact) mass is 140 g/mol. The van der Waals surface area contributed by atoms with E-state index in [-0.39, 0.29) is 0 Å². The largest absolute Gasteiger partial charge is 0.427 e. The summed E-state index contributed by atoms with van der Waals surface area (Å²) in [6.45, 7) is 0. The number of hydrogen-bond donors (Lipinski definition) is 2.